The lowest BCUT2D eigenvalue weighted by Crippen LogP contribution is -2.20. The summed E-state index contributed by atoms with van der Waals surface area (Å²) in [5, 5.41) is 11.3. The summed E-state index contributed by atoms with van der Waals surface area (Å²) in [5.74, 6) is -1.18. The van der Waals surface area contributed by atoms with Gasteiger partial charge in [0.1, 0.15) is 0 Å². The average molecular weight is 399 g/mol. The third kappa shape index (κ3) is 6.69. The minimum Gasteiger partial charge on any atom is -0.493 e. The molecule has 0 atom stereocenters. The molecule has 0 bridgehead atoms. The summed E-state index contributed by atoms with van der Waals surface area (Å²) in [6.07, 6.45) is 2.43. The van der Waals surface area contributed by atoms with Gasteiger partial charge in [-0.05, 0) is 55.0 Å². The number of benzene rings is 2. The second-order valence-electron chi connectivity index (χ2n) is 5.72. The fourth-order valence-corrected chi connectivity index (χ4v) is 2.32. The van der Waals surface area contributed by atoms with Gasteiger partial charge in [-0.15, -0.1) is 0 Å². The van der Waals surface area contributed by atoms with Crippen molar-refractivity contribution in [3.8, 4) is 11.5 Å². The predicted molar refractivity (Wildman–Crippen MR) is 106 cm³/mol. The number of rotatable bonds is 9. The number of aliphatic carboxylic acids is 1. The van der Waals surface area contributed by atoms with Crippen molar-refractivity contribution in [3.63, 3.8) is 0 Å². The third-order valence-electron chi connectivity index (χ3n) is 3.64. The predicted octanol–water partition coefficient (Wildman–Crippen LogP) is 2.99. The molecule has 2 N–H and O–H groups in total. The molecule has 2 aromatic rings. The number of nitrogens with one attached hydrogen (secondary N) is 1. The molecular formula is C21H21NO7. The van der Waals surface area contributed by atoms with Crippen LogP contribution in [0.25, 0.3) is 6.08 Å². The Kier molecular flexibility index (Phi) is 7.78. The first kappa shape index (κ1) is 21.5. The van der Waals surface area contributed by atoms with Crippen molar-refractivity contribution >= 4 is 29.6 Å². The van der Waals surface area contributed by atoms with E-state index in [2.05, 4.69) is 5.32 Å². The molecule has 0 aliphatic rings. The van der Waals surface area contributed by atoms with E-state index >= 15 is 0 Å². The number of carboxylic acids is 1. The second-order valence-corrected chi connectivity index (χ2v) is 5.72. The Hall–Kier alpha value is -3.81. The van der Waals surface area contributed by atoms with Gasteiger partial charge in [0.05, 0.1) is 19.3 Å². The van der Waals surface area contributed by atoms with Gasteiger partial charge in [0, 0.05) is 11.8 Å². The molecule has 2 rings (SSSR count). The maximum Gasteiger partial charge on any atom is 0.338 e. The van der Waals surface area contributed by atoms with Crippen LogP contribution >= 0.6 is 0 Å². The van der Waals surface area contributed by atoms with Crippen molar-refractivity contribution in [2.24, 2.45) is 0 Å². The van der Waals surface area contributed by atoms with E-state index < -0.39 is 17.8 Å². The van der Waals surface area contributed by atoms with Crippen LogP contribution in [-0.2, 0) is 14.3 Å². The van der Waals surface area contributed by atoms with E-state index in [4.69, 9.17) is 19.3 Å². The van der Waals surface area contributed by atoms with E-state index in [0.29, 0.717) is 28.3 Å². The first-order chi connectivity index (χ1) is 13.9. The lowest BCUT2D eigenvalue weighted by molar-refractivity contribution is -0.131. The Morgan fingerprint density at radius 2 is 1.79 bits per heavy atom. The van der Waals surface area contributed by atoms with E-state index in [0.717, 1.165) is 6.08 Å². The molecule has 2 aromatic carbocycles. The molecule has 0 fully saturated rings. The molecule has 0 heterocycles. The highest BCUT2D eigenvalue weighted by molar-refractivity contribution is 5.93. The van der Waals surface area contributed by atoms with Crippen LogP contribution in [0.2, 0.25) is 0 Å². The van der Waals surface area contributed by atoms with Crippen molar-refractivity contribution in [1.29, 1.82) is 0 Å². The van der Waals surface area contributed by atoms with Crippen LogP contribution in [0.5, 0.6) is 11.5 Å². The fraction of sp³-hybridized carbons (Fsp3) is 0.190. The Morgan fingerprint density at radius 3 is 2.41 bits per heavy atom. The zero-order chi connectivity index (χ0) is 21.2. The maximum absolute atomic E-state index is 12.1. The van der Waals surface area contributed by atoms with Crippen molar-refractivity contribution in [1.82, 2.24) is 0 Å². The Morgan fingerprint density at radius 1 is 1.07 bits per heavy atom. The molecule has 0 aromatic heterocycles. The van der Waals surface area contributed by atoms with Gasteiger partial charge in [-0.25, -0.2) is 9.59 Å². The molecule has 0 unspecified atom stereocenters. The Balaban J connectivity index is 1.94. The lowest BCUT2D eigenvalue weighted by atomic mass is 10.2. The van der Waals surface area contributed by atoms with Crippen molar-refractivity contribution in [3.05, 3.63) is 59.7 Å². The summed E-state index contributed by atoms with van der Waals surface area (Å²) < 4.78 is 15.6. The highest BCUT2D eigenvalue weighted by atomic mass is 16.5. The van der Waals surface area contributed by atoms with Crippen LogP contribution in [0.4, 0.5) is 5.69 Å². The highest BCUT2D eigenvalue weighted by Gasteiger charge is 2.10. The largest absolute Gasteiger partial charge is 0.493 e. The van der Waals surface area contributed by atoms with E-state index in [1.165, 1.54) is 13.2 Å². The monoisotopic (exact) mass is 399 g/mol. The zero-order valence-corrected chi connectivity index (χ0v) is 16.0. The van der Waals surface area contributed by atoms with E-state index in [-0.39, 0.29) is 13.2 Å². The first-order valence-corrected chi connectivity index (χ1v) is 8.71. The van der Waals surface area contributed by atoms with Gasteiger partial charge in [0.25, 0.3) is 5.91 Å². The molecule has 8 heteroatoms. The molecule has 1 amide bonds. The van der Waals surface area contributed by atoms with Gasteiger partial charge in [-0.2, -0.15) is 0 Å². The molecule has 0 saturated heterocycles. The van der Waals surface area contributed by atoms with Crippen molar-refractivity contribution in [2.45, 2.75) is 6.92 Å². The van der Waals surface area contributed by atoms with E-state index in [1.807, 2.05) is 0 Å². The molecule has 0 spiro atoms. The normalized spacial score (nSPS) is 10.4. The topological polar surface area (TPSA) is 111 Å². The van der Waals surface area contributed by atoms with Crippen LogP contribution in [0.1, 0.15) is 22.8 Å². The minimum atomic E-state index is -1.06. The Bertz CT molecular complexity index is 904. The quantitative estimate of drug-likeness (QED) is 0.492. The summed E-state index contributed by atoms with van der Waals surface area (Å²) in [6.45, 7) is 1.75. The SMILES string of the molecule is CCOC(=O)c1ccc(NC(=O)COc2ccc(C=CC(=O)O)cc2OC)cc1. The van der Waals surface area contributed by atoms with Crippen LogP contribution < -0.4 is 14.8 Å². The third-order valence-corrected chi connectivity index (χ3v) is 3.64. The maximum atomic E-state index is 12.1. The van der Waals surface area contributed by atoms with Crippen molar-refractivity contribution in [2.75, 3.05) is 25.6 Å². The fourth-order valence-electron chi connectivity index (χ4n) is 2.32. The molecule has 152 valence electrons. The standard InChI is InChI=1S/C21H21NO7/c1-3-28-21(26)15-6-8-16(9-7-15)22-19(23)13-29-17-10-4-14(5-11-20(24)25)12-18(17)27-2/h4-12H,3,13H2,1-2H3,(H,22,23)(H,24,25). The molecule has 0 radical (unpaired) electrons. The average Bonchev–Trinajstić information content (AvgIpc) is 2.71. The second kappa shape index (κ2) is 10.5. The van der Waals surface area contributed by atoms with Gasteiger partial charge in [0.15, 0.2) is 18.1 Å². The molecule has 29 heavy (non-hydrogen) atoms. The minimum absolute atomic E-state index is 0.264. The molecule has 0 aliphatic heterocycles. The number of anilines is 1. The zero-order valence-electron chi connectivity index (χ0n) is 16.0. The van der Waals surface area contributed by atoms with E-state index in [1.54, 1.807) is 49.4 Å². The number of hydrogen-bond donors (Lipinski definition) is 2. The summed E-state index contributed by atoms with van der Waals surface area (Å²) >= 11 is 0. The summed E-state index contributed by atoms with van der Waals surface area (Å²) in [5.41, 5.74) is 1.51. The number of hydrogen-bond acceptors (Lipinski definition) is 6. The van der Waals surface area contributed by atoms with Gasteiger partial charge in [0.2, 0.25) is 0 Å². The van der Waals surface area contributed by atoms with Crippen LogP contribution in [0.15, 0.2) is 48.5 Å². The summed E-state index contributed by atoms with van der Waals surface area (Å²) in [6, 6.07) is 11.1. The van der Waals surface area contributed by atoms with Crippen LogP contribution in [0, 0.1) is 0 Å². The first-order valence-electron chi connectivity index (χ1n) is 8.71. The van der Waals surface area contributed by atoms with E-state index in [9.17, 15) is 14.4 Å². The van der Waals surface area contributed by atoms with Crippen LogP contribution in [0.3, 0.4) is 0 Å². The van der Waals surface area contributed by atoms with Gasteiger partial charge in [-0.3, -0.25) is 4.79 Å². The summed E-state index contributed by atoms with van der Waals surface area (Å²) in [7, 11) is 1.44. The van der Waals surface area contributed by atoms with Gasteiger partial charge in [-0.1, -0.05) is 6.07 Å². The molecule has 0 saturated carbocycles. The molecular weight excluding hydrogens is 378 g/mol. The number of esters is 1. The molecule has 0 aliphatic carbocycles. The Labute approximate surface area is 167 Å². The smallest absolute Gasteiger partial charge is 0.338 e. The lowest BCUT2D eigenvalue weighted by Gasteiger charge is -2.12. The number of methoxy groups -OCH3 is 1. The number of carbonyl (C=O) groups is 3. The van der Waals surface area contributed by atoms with Gasteiger partial charge >= 0.3 is 11.9 Å². The summed E-state index contributed by atoms with van der Waals surface area (Å²) in [4.78, 5) is 34.3. The van der Waals surface area contributed by atoms with Gasteiger partial charge < -0.3 is 24.6 Å². The number of carboxylic acid groups (broad SMARTS) is 1. The van der Waals surface area contributed by atoms with Crippen LogP contribution in [-0.4, -0.2) is 43.3 Å². The molecule has 8 nitrogen and oxygen atoms in total. The van der Waals surface area contributed by atoms with Crippen molar-refractivity contribution < 1.29 is 33.7 Å². The number of ether oxygens (including phenoxy) is 3. The number of amides is 1. The number of carbonyl (C=O) groups excluding carboxylic acids is 2. The highest BCUT2D eigenvalue weighted by Crippen LogP contribution is 2.28.